The van der Waals surface area contributed by atoms with E-state index in [-0.39, 0.29) is 28.6 Å². The van der Waals surface area contributed by atoms with Crippen LogP contribution in [0, 0.1) is 0 Å². The van der Waals surface area contributed by atoms with E-state index in [9.17, 15) is 27.6 Å². The molecule has 1 aromatic carbocycles. The van der Waals surface area contributed by atoms with Gasteiger partial charge in [-0.2, -0.15) is 13.2 Å². The van der Waals surface area contributed by atoms with Crippen LogP contribution in [0.25, 0.3) is 0 Å². The standard InChI is InChI=1S/C14H10BrF3N2O3/c15-6-3-7-8(9(4-6)14(16,17)18)5-20(13(7)23)11-10(21)1-2-19-12(11)22/h3-4,11H,1-2,5H2,(H,19,22). The highest BCUT2D eigenvalue weighted by molar-refractivity contribution is 9.10. The molecule has 1 saturated heterocycles. The second-order valence-electron chi connectivity index (χ2n) is 5.32. The van der Waals surface area contributed by atoms with E-state index in [0.29, 0.717) is 0 Å². The maximum Gasteiger partial charge on any atom is 0.416 e. The van der Waals surface area contributed by atoms with Gasteiger partial charge in [0.15, 0.2) is 11.8 Å². The van der Waals surface area contributed by atoms with Crippen LogP contribution in [0.3, 0.4) is 0 Å². The Kier molecular flexibility index (Phi) is 3.70. The summed E-state index contributed by atoms with van der Waals surface area (Å²) in [6.45, 7) is -0.247. The summed E-state index contributed by atoms with van der Waals surface area (Å²) in [6.07, 6.45) is -4.59. The van der Waals surface area contributed by atoms with E-state index < -0.39 is 41.9 Å². The predicted octanol–water partition coefficient (Wildman–Crippen LogP) is 1.88. The lowest BCUT2D eigenvalue weighted by Crippen LogP contribution is -2.55. The van der Waals surface area contributed by atoms with Gasteiger partial charge in [-0.3, -0.25) is 14.4 Å². The Labute approximate surface area is 136 Å². The molecule has 1 unspecified atom stereocenters. The Morgan fingerprint density at radius 3 is 2.52 bits per heavy atom. The number of piperidine rings is 1. The van der Waals surface area contributed by atoms with Gasteiger partial charge in [-0.25, -0.2) is 0 Å². The lowest BCUT2D eigenvalue weighted by atomic mass is 10.0. The number of halogens is 4. The summed E-state index contributed by atoms with van der Waals surface area (Å²) in [6, 6.07) is 0.791. The molecule has 0 aromatic heterocycles. The average Bonchev–Trinajstić information content (AvgIpc) is 2.75. The maximum absolute atomic E-state index is 13.2. The number of hydrogen-bond acceptors (Lipinski definition) is 3. The molecule has 2 aliphatic rings. The molecule has 2 heterocycles. The van der Waals surface area contributed by atoms with Crippen molar-refractivity contribution in [1.82, 2.24) is 10.2 Å². The molecule has 0 saturated carbocycles. The summed E-state index contributed by atoms with van der Waals surface area (Å²) in [5.74, 6) is -1.88. The first-order valence-electron chi connectivity index (χ1n) is 6.71. The van der Waals surface area contributed by atoms with Gasteiger partial charge in [0.05, 0.1) is 5.56 Å². The minimum Gasteiger partial charge on any atom is -0.353 e. The zero-order valence-corrected chi connectivity index (χ0v) is 13.1. The molecule has 3 rings (SSSR count). The second kappa shape index (κ2) is 5.33. The number of ketones is 1. The van der Waals surface area contributed by atoms with Crippen LogP contribution in [0.5, 0.6) is 0 Å². The van der Waals surface area contributed by atoms with Gasteiger partial charge in [0, 0.05) is 29.5 Å². The van der Waals surface area contributed by atoms with Gasteiger partial charge in [-0.15, -0.1) is 0 Å². The number of rotatable bonds is 1. The molecule has 9 heteroatoms. The SMILES string of the molecule is O=C1CCNC(=O)C1N1Cc2c(cc(Br)cc2C(F)(F)F)C1=O. The molecule has 0 aliphatic carbocycles. The van der Waals surface area contributed by atoms with Crippen molar-refractivity contribution in [3.8, 4) is 0 Å². The first kappa shape index (κ1) is 16.0. The topological polar surface area (TPSA) is 66.5 Å². The number of amides is 2. The van der Waals surface area contributed by atoms with Crippen molar-refractivity contribution in [3.05, 3.63) is 33.3 Å². The summed E-state index contributed by atoms with van der Waals surface area (Å²) in [5, 5.41) is 2.46. The number of fused-ring (bicyclic) bond motifs is 1. The van der Waals surface area contributed by atoms with Gasteiger partial charge in [0.25, 0.3) is 11.8 Å². The average molecular weight is 391 g/mol. The number of carbonyl (C=O) groups excluding carboxylic acids is 3. The summed E-state index contributed by atoms with van der Waals surface area (Å²) in [4.78, 5) is 37.2. The maximum atomic E-state index is 13.2. The lowest BCUT2D eigenvalue weighted by molar-refractivity contribution is -0.138. The molecule has 1 aromatic rings. The number of benzene rings is 1. The number of nitrogens with zero attached hydrogens (tertiary/aromatic N) is 1. The number of Topliss-reactive ketones (excluding diaryl/α,β-unsaturated/α-hetero) is 1. The first-order chi connectivity index (χ1) is 10.7. The first-order valence-corrected chi connectivity index (χ1v) is 7.50. The zero-order chi connectivity index (χ0) is 16.9. The van der Waals surface area contributed by atoms with E-state index in [1.54, 1.807) is 0 Å². The van der Waals surface area contributed by atoms with Crippen LogP contribution in [-0.4, -0.2) is 35.1 Å². The molecule has 1 N–H and O–H groups in total. The molecule has 5 nitrogen and oxygen atoms in total. The number of nitrogens with one attached hydrogen (secondary N) is 1. The van der Waals surface area contributed by atoms with Gasteiger partial charge in [0.2, 0.25) is 0 Å². The van der Waals surface area contributed by atoms with Crippen molar-refractivity contribution >= 4 is 33.5 Å². The van der Waals surface area contributed by atoms with Crippen molar-refractivity contribution in [2.75, 3.05) is 6.54 Å². The summed E-state index contributed by atoms with van der Waals surface area (Å²) in [5.41, 5.74) is -1.30. The van der Waals surface area contributed by atoms with E-state index >= 15 is 0 Å². The Hall–Kier alpha value is -1.90. The lowest BCUT2D eigenvalue weighted by Gasteiger charge is -2.28. The van der Waals surface area contributed by atoms with E-state index in [0.717, 1.165) is 11.0 Å². The normalized spacial score (nSPS) is 21.5. The second-order valence-corrected chi connectivity index (χ2v) is 6.24. The van der Waals surface area contributed by atoms with Crippen LogP contribution in [0.4, 0.5) is 13.2 Å². The van der Waals surface area contributed by atoms with Crippen LogP contribution < -0.4 is 5.32 Å². The molecule has 2 aliphatic heterocycles. The Morgan fingerprint density at radius 1 is 1.22 bits per heavy atom. The van der Waals surface area contributed by atoms with Crippen molar-refractivity contribution in [2.24, 2.45) is 0 Å². The highest BCUT2D eigenvalue weighted by Gasteiger charge is 2.45. The molecule has 0 spiro atoms. The van der Waals surface area contributed by atoms with E-state index in [1.165, 1.54) is 6.07 Å². The van der Waals surface area contributed by atoms with Gasteiger partial charge in [0.1, 0.15) is 0 Å². The van der Waals surface area contributed by atoms with Crippen LogP contribution >= 0.6 is 15.9 Å². The fourth-order valence-corrected chi connectivity index (χ4v) is 3.32. The summed E-state index contributed by atoms with van der Waals surface area (Å²) >= 11 is 2.96. The monoisotopic (exact) mass is 390 g/mol. The van der Waals surface area contributed by atoms with Crippen LogP contribution in [0.2, 0.25) is 0 Å². The molecule has 122 valence electrons. The zero-order valence-electron chi connectivity index (χ0n) is 11.5. The fraction of sp³-hybridized carbons (Fsp3) is 0.357. The van der Waals surface area contributed by atoms with Crippen molar-refractivity contribution in [2.45, 2.75) is 25.2 Å². The minimum absolute atomic E-state index is 0.0480. The fourth-order valence-electron chi connectivity index (χ4n) is 2.86. The number of hydrogen-bond donors (Lipinski definition) is 1. The molecule has 2 amide bonds. The van der Waals surface area contributed by atoms with Crippen molar-refractivity contribution < 1.29 is 27.6 Å². The van der Waals surface area contributed by atoms with E-state index in [2.05, 4.69) is 21.2 Å². The van der Waals surface area contributed by atoms with E-state index in [1.807, 2.05) is 0 Å². The van der Waals surface area contributed by atoms with Gasteiger partial charge in [-0.1, -0.05) is 15.9 Å². The Bertz CT molecular complexity index is 717. The molecule has 0 bridgehead atoms. The minimum atomic E-state index is -4.64. The number of alkyl halides is 3. The summed E-state index contributed by atoms with van der Waals surface area (Å²) in [7, 11) is 0. The molecular formula is C14H10BrF3N2O3. The Morgan fingerprint density at radius 2 is 1.91 bits per heavy atom. The van der Waals surface area contributed by atoms with Crippen molar-refractivity contribution in [3.63, 3.8) is 0 Å². The molecule has 0 radical (unpaired) electrons. The Balaban J connectivity index is 2.05. The van der Waals surface area contributed by atoms with Crippen molar-refractivity contribution in [1.29, 1.82) is 0 Å². The third-order valence-electron chi connectivity index (χ3n) is 3.88. The third-order valence-corrected chi connectivity index (χ3v) is 4.33. The van der Waals surface area contributed by atoms with Gasteiger partial charge < -0.3 is 10.2 Å². The molecule has 1 fully saturated rings. The highest BCUT2D eigenvalue weighted by atomic mass is 79.9. The molecular weight excluding hydrogens is 381 g/mol. The third kappa shape index (κ3) is 2.62. The molecule has 1 atom stereocenters. The van der Waals surface area contributed by atoms with Gasteiger partial charge in [-0.05, 0) is 17.7 Å². The van der Waals surface area contributed by atoms with Gasteiger partial charge >= 0.3 is 6.18 Å². The van der Waals surface area contributed by atoms with Crippen LogP contribution in [0.15, 0.2) is 16.6 Å². The predicted molar refractivity (Wildman–Crippen MR) is 75.4 cm³/mol. The van der Waals surface area contributed by atoms with Crippen LogP contribution in [-0.2, 0) is 22.3 Å². The molecule has 23 heavy (non-hydrogen) atoms. The quantitative estimate of drug-likeness (QED) is 0.744. The highest BCUT2D eigenvalue weighted by Crippen LogP contribution is 2.39. The number of carbonyl (C=O) groups is 3. The smallest absolute Gasteiger partial charge is 0.353 e. The van der Waals surface area contributed by atoms with E-state index in [4.69, 9.17) is 0 Å². The van der Waals surface area contributed by atoms with Crippen LogP contribution in [0.1, 0.15) is 27.9 Å². The largest absolute Gasteiger partial charge is 0.416 e. The summed E-state index contributed by atoms with van der Waals surface area (Å²) < 4.78 is 39.6.